The van der Waals surface area contributed by atoms with E-state index in [1.807, 2.05) is 0 Å². The molecular weight excluding hydrogens is 226 g/mol. The molecule has 0 aliphatic carbocycles. The lowest BCUT2D eigenvalue weighted by Gasteiger charge is -2.14. The van der Waals surface area contributed by atoms with Crippen LogP contribution in [0.4, 0.5) is 0 Å². The second-order valence-corrected chi connectivity index (χ2v) is 3.12. The van der Waals surface area contributed by atoms with E-state index in [1.54, 1.807) is 6.07 Å². The van der Waals surface area contributed by atoms with Crippen molar-refractivity contribution in [1.29, 1.82) is 5.26 Å². The van der Waals surface area contributed by atoms with Crippen LogP contribution in [0.2, 0.25) is 0 Å². The van der Waals surface area contributed by atoms with Crippen LogP contribution in [0.15, 0.2) is 12.1 Å². The number of methoxy groups -OCH3 is 1. The van der Waals surface area contributed by atoms with Gasteiger partial charge in [0, 0.05) is 11.1 Å². The monoisotopic (exact) mass is 235 g/mol. The van der Waals surface area contributed by atoms with Crippen LogP contribution in [0.1, 0.15) is 27.6 Å². The standard InChI is InChI=1S/C11H9NO5/c1-17-10-6(4-12)2-3-7(5-13)8(10)9(14)11(15)16/h2-3,5,9,14H,1H3,(H,15,16). The smallest absolute Gasteiger partial charge is 0.337 e. The number of aldehydes is 1. The summed E-state index contributed by atoms with van der Waals surface area (Å²) in [5.74, 6) is -1.63. The van der Waals surface area contributed by atoms with E-state index >= 15 is 0 Å². The summed E-state index contributed by atoms with van der Waals surface area (Å²) >= 11 is 0. The number of aliphatic hydroxyl groups is 1. The van der Waals surface area contributed by atoms with Crippen molar-refractivity contribution < 1.29 is 24.5 Å². The van der Waals surface area contributed by atoms with Crippen molar-refractivity contribution >= 4 is 12.3 Å². The van der Waals surface area contributed by atoms with Crippen molar-refractivity contribution in [2.75, 3.05) is 7.11 Å². The van der Waals surface area contributed by atoms with Crippen molar-refractivity contribution in [3.8, 4) is 11.8 Å². The SMILES string of the molecule is COc1c(C#N)ccc(C=O)c1C(O)C(=O)O. The summed E-state index contributed by atoms with van der Waals surface area (Å²) < 4.78 is 4.88. The van der Waals surface area contributed by atoms with Gasteiger partial charge in [0.05, 0.1) is 12.7 Å². The predicted molar refractivity (Wildman–Crippen MR) is 55.7 cm³/mol. The average molecular weight is 235 g/mol. The summed E-state index contributed by atoms with van der Waals surface area (Å²) in [6.45, 7) is 0. The molecule has 6 heteroatoms. The lowest BCUT2D eigenvalue weighted by molar-refractivity contribution is -0.147. The first-order chi connectivity index (χ1) is 8.06. The van der Waals surface area contributed by atoms with Gasteiger partial charge in [0.25, 0.3) is 0 Å². The molecule has 0 aromatic heterocycles. The summed E-state index contributed by atoms with van der Waals surface area (Å²) in [6.07, 6.45) is -1.52. The summed E-state index contributed by atoms with van der Waals surface area (Å²) in [5.41, 5.74) is -0.196. The molecule has 1 atom stereocenters. The highest BCUT2D eigenvalue weighted by Crippen LogP contribution is 2.31. The van der Waals surface area contributed by atoms with Gasteiger partial charge in [0.2, 0.25) is 0 Å². The largest absolute Gasteiger partial charge is 0.495 e. The fourth-order valence-corrected chi connectivity index (χ4v) is 1.43. The second-order valence-electron chi connectivity index (χ2n) is 3.12. The number of carbonyl (C=O) groups is 2. The molecule has 0 aliphatic heterocycles. The second kappa shape index (κ2) is 5.09. The number of benzene rings is 1. The van der Waals surface area contributed by atoms with E-state index < -0.39 is 12.1 Å². The molecule has 0 saturated heterocycles. The van der Waals surface area contributed by atoms with Gasteiger partial charge < -0.3 is 14.9 Å². The molecule has 6 nitrogen and oxygen atoms in total. The van der Waals surface area contributed by atoms with E-state index in [0.29, 0.717) is 6.29 Å². The quantitative estimate of drug-likeness (QED) is 0.735. The third-order valence-electron chi connectivity index (χ3n) is 2.19. The molecule has 0 spiro atoms. The number of aliphatic hydroxyl groups excluding tert-OH is 1. The Kier molecular flexibility index (Phi) is 3.80. The Morgan fingerprint density at radius 2 is 2.24 bits per heavy atom. The van der Waals surface area contributed by atoms with Crippen LogP contribution in [-0.2, 0) is 4.79 Å². The Hall–Kier alpha value is -2.39. The fourth-order valence-electron chi connectivity index (χ4n) is 1.43. The van der Waals surface area contributed by atoms with Gasteiger partial charge in [0.1, 0.15) is 11.8 Å². The molecule has 0 bridgehead atoms. The van der Waals surface area contributed by atoms with Crippen molar-refractivity contribution in [3.05, 3.63) is 28.8 Å². The van der Waals surface area contributed by atoms with Crippen LogP contribution >= 0.6 is 0 Å². The van der Waals surface area contributed by atoms with Gasteiger partial charge in [-0.3, -0.25) is 4.79 Å². The maximum absolute atomic E-state index is 10.8. The number of carbonyl (C=O) groups excluding carboxylic acids is 1. The van der Waals surface area contributed by atoms with Gasteiger partial charge in [-0.15, -0.1) is 0 Å². The lowest BCUT2D eigenvalue weighted by atomic mass is 9.98. The third kappa shape index (κ3) is 2.24. The van der Waals surface area contributed by atoms with Gasteiger partial charge in [-0.25, -0.2) is 4.79 Å². The number of rotatable bonds is 4. The maximum Gasteiger partial charge on any atom is 0.337 e. The normalized spacial score (nSPS) is 11.4. The highest BCUT2D eigenvalue weighted by atomic mass is 16.5. The summed E-state index contributed by atoms with van der Waals surface area (Å²) in [4.78, 5) is 21.5. The van der Waals surface area contributed by atoms with Crippen molar-refractivity contribution in [3.63, 3.8) is 0 Å². The molecular formula is C11H9NO5. The Balaban J connectivity index is 3.57. The first-order valence-corrected chi connectivity index (χ1v) is 4.53. The molecule has 1 unspecified atom stereocenters. The topological polar surface area (TPSA) is 108 Å². The molecule has 0 saturated carbocycles. The van der Waals surface area contributed by atoms with Gasteiger partial charge in [0.15, 0.2) is 12.4 Å². The molecule has 0 heterocycles. The first-order valence-electron chi connectivity index (χ1n) is 4.53. The number of carboxylic acid groups (broad SMARTS) is 1. The van der Waals surface area contributed by atoms with Crippen LogP contribution in [0, 0.1) is 11.3 Å². The number of aliphatic carboxylic acids is 1. The van der Waals surface area contributed by atoms with E-state index in [9.17, 15) is 14.7 Å². The Labute approximate surface area is 96.7 Å². The molecule has 17 heavy (non-hydrogen) atoms. The highest BCUT2D eigenvalue weighted by molar-refractivity contribution is 5.85. The van der Waals surface area contributed by atoms with E-state index in [4.69, 9.17) is 15.1 Å². The Morgan fingerprint density at radius 3 is 2.65 bits per heavy atom. The molecule has 1 aromatic rings. The first kappa shape index (κ1) is 12.7. The molecule has 2 N–H and O–H groups in total. The predicted octanol–water partition coefficient (Wildman–Crippen LogP) is 0.497. The molecule has 1 aromatic carbocycles. The van der Waals surface area contributed by atoms with Gasteiger partial charge in [-0.1, -0.05) is 0 Å². The molecule has 88 valence electrons. The van der Waals surface area contributed by atoms with Crippen LogP contribution in [0.5, 0.6) is 5.75 Å². The van der Waals surface area contributed by atoms with E-state index in [-0.39, 0.29) is 22.4 Å². The van der Waals surface area contributed by atoms with Crippen LogP contribution < -0.4 is 4.74 Å². The van der Waals surface area contributed by atoms with Gasteiger partial charge in [-0.05, 0) is 12.1 Å². The van der Waals surface area contributed by atoms with E-state index in [1.165, 1.54) is 19.2 Å². The molecule has 0 fully saturated rings. The number of ether oxygens (including phenoxy) is 1. The summed E-state index contributed by atoms with van der Waals surface area (Å²) in [6, 6.07) is 4.37. The number of carboxylic acids is 1. The van der Waals surface area contributed by atoms with Crippen LogP contribution in [0.3, 0.4) is 0 Å². The maximum atomic E-state index is 10.8. The minimum absolute atomic E-state index is 0.0317. The number of nitrogens with zero attached hydrogens (tertiary/aromatic N) is 1. The Bertz CT molecular complexity index is 503. The molecule has 0 amide bonds. The summed E-state index contributed by atoms with van der Waals surface area (Å²) in [7, 11) is 1.23. The zero-order valence-corrected chi connectivity index (χ0v) is 8.88. The van der Waals surface area contributed by atoms with Crippen molar-refractivity contribution in [2.45, 2.75) is 6.10 Å². The minimum Gasteiger partial charge on any atom is -0.495 e. The number of hydrogen-bond donors (Lipinski definition) is 2. The number of hydrogen-bond acceptors (Lipinski definition) is 5. The van der Waals surface area contributed by atoms with Crippen molar-refractivity contribution in [1.82, 2.24) is 0 Å². The average Bonchev–Trinajstić information content (AvgIpc) is 2.35. The minimum atomic E-state index is -1.92. The van der Waals surface area contributed by atoms with Crippen molar-refractivity contribution in [2.24, 2.45) is 0 Å². The highest BCUT2D eigenvalue weighted by Gasteiger charge is 2.25. The zero-order valence-electron chi connectivity index (χ0n) is 8.88. The van der Waals surface area contributed by atoms with Gasteiger partial charge >= 0.3 is 5.97 Å². The number of nitriles is 1. The fraction of sp³-hybridized carbons (Fsp3) is 0.182. The van der Waals surface area contributed by atoms with E-state index in [2.05, 4.69) is 0 Å². The van der Waals surface area contributed by atoms with Gasteiger partial charge in [-0.2, -0.15) is 5.26 Å². The molecule has 0 radical (unpaired) electrons. The lowest BCUT2D eigenvalue weighted by Crippen LogP contribution is -2.14. The third-order valence-corrected chi connectivity index (χ3v) is 2.19. The van der Waals surface area contributed by atoms with E-state index in [0.717, 1.165) is 0 Å². The summed E-state index contributed by atoms with van der Waals surface area (Å²) in [5, 5.41) is 27.0. The molecule has 1 rings (SSSR count). The molecule has 0 aliphatic rings. The van der Waals surface area contributed by atoms with Crippen LogP contribution in [-0.4, -0.2) is 29.6 Å². The Morgan fingerprint density at radius 1 is 1.59 bits per heavy atom. The van der Waals surface area contributed by atoms with Crippen LogP contribution in [0.25, 0.3) is 0 Å². The zero-order chi connectivity index (χ0) is 13.0.